The van der Waals surface area contributed by atoms with Crippen molar-refractivity contribution in [1.29, 1.82) is 0 Å². The number of hydrogen-bond donors (Lipinski definition) is 1. The predicted molar refractivity (Wildman–Crippen MR) is 85.6 cm³/mol. The van der Waals surface area contributed by atoms with Crippen LogP contribution >= 0.6 is 0 Å². The molecular weight excluding hydrogens is 262 g/mol. The lowest BCUT2D eigenvalue weighted by molar-refractivity contribution is 0.432. The molecule has 0 bridgehead atoms. The van der Waals surface area contributed by atoms with Gasteiger partial charge in [0, 0.05) is 6.07 Å². The molecule has 1 aromatic carbocycles. The van der Waals surface area contributed by atoms with E-state index in [1.165, 1.54) is 21.4 Å². The number of likely N-dealkylation sites (N-methyl/N-ethyl adjacent to an activating group) is 1. The summed E-state index contributed by atoms with van der Waals surface area (Å²) >= 11 is 0. The van der Waals surface area contributed by atoms with Crippen molar-refractivity contribution < 1.29 is 0 Å². The van der Waals surface area contributed by atoms with Crippen LogP contribution < -0.4 is 10.9 Å². The summed E-state index contributed by atoms with van der Waals surface area (Å²) in [6.07, 6.45) is 0. The second-order valence-corrected chi connectivity index (χ2v) is 5.45. The third kappa shape index (κ3) is 3.79. The van der Waals surface area contributed by atoms with Gasteiger partial charge < -0.3 is 5.32 Å². The summed E-state index contributed by atoms with van der Waals surface area (Å²) < 4.78 is 1.54. The Morgan fingerprint density at radius 3 is 2.57 bits per heavy atom. The first kappa shape index (κ1) is 15.4. The van der Waals surface area contributed by atoms with Crippen LogP contribution in [0.2, 0.25) is 0 Å². The molecule has 2 rings (SSSR count). The molecule has 1 unspecified atom stereocenters. The van der Waals surface area contributed by atoms with Crippen molar-refractivity contribution in [3.05, 3.63) is 63.1 Å². The zero-order valence-corrected chi connectivity index (χ0v) is 13.2. The Hall–Kier alpha value is -1.94. The van der Waals surface area contributed by atoms with Gasteiger partial charge >= 0.3 is 0 Å². The normalized spacial score (nSPS) is 12.4. The van der Waals surface area contributed by atoms with Crippen LogP contribution in [0.5, 0.6) is 0 Å². The Morgan fingerprint density at radius 1 is 1.14 bits per heavy atom. The van der Waals surface area contributed by atoms with Crippen LogP contribution in [0, 0.1) is 20.8 Å². The van der Waals surface area contributed by atoms with Crippen molar-refractivity contribution in [2.24, 2.45) is 0 Å². The molecular formula is C17H23N3O. The SMILES string of the molecule is CCNC(Cn1nc(C)ccc1=O)c1ccc(C)c(C)c1. The molecule has 0 aliphatic heterocycles. The highest BCUT2D eigenvalue weighted by Crippen LogP contribution is 2.18. The maximum absolute atomic E-state index is 11.9. The molecule has 0 fully saturated rings. The monoisotopic (exact) mass is 285 g/mol. The van der Waals surface area contributed by atoms with Gasteiger partial charge in [0.25, 0.3) is 5.56 Å². The molecule has 0 aliphatic rings. The Balaban J connectivity index is 2.32. The zero-order valence-electron chi connectivity index (χ0n) is 13.2. The molecule has 1 N–H and O–H groups in total. The van der Waals surface area contributed by atoms with E-state index in [4.69, 9.17) is 0 Å². The zero-order chi connectivity index (χ0) is 15.4. The molecule has 1 atom stereocenters. The van der Waals surface area contributed by atoms with Crippen LogP contribution in [0.25, 0.3) is 0 Å². The van der Waals surface area contributed by atoms with Gasteiger partial charge in [-0.05, 0) is 50.1 Å². The van der Waals surface area contributed by atoms with Gasteiger partial charge in [0.15, 0.2) is 0 Å². The smallest absolute Gasteiger partial charge is 0.266 e. The number of rotatable bonds is 5. The standard InChI is InChI=1S/C17H23N3O/c1-5-18-16(15-8-6-12(2)13(3)10-15)11-20-17(21)9-7-14(4)19-20/h6-10,16,18H,5,11H2,1-4H3. The van der Waals surface area contributed by atoms with Crippen molar-refractivity contribution in [2.75, 3.05) is 6.54 Å². The Morgan fingerprint density at radius 2 is 1.90 bits per heavy atom. The number of nitrogens with one attached hydrogen (secondary N) is 1. The third-order valence-electron chi connectivity index (χ3n) is 3.74. The highest BCUT2D eigenvalue weighted by molar-refractivity contribution is 5.31. The predicted octanol–water partition coefficient (Wildman–Crippen LogP) is 2.52. The molecule has 0 spiro atoms. The van der Waals surface area contributed by atoms with Crippen LogP contribution in [0.15, 0.2) is 35.1 Å². The van der Waals surface area contributed by atoms with Crippen LogP contribution in [-0.2, 0) is 6.54 Å². The Bertz CT molecular complexity index is 676. The molecule has 4 nitrogen and oxygen atoms in total. The van der Waals surface area contributed by atoms with Gasteiger partial charge in [-0.2, -0.15) is 5.10 Å². The van der Waals surface area contributed by atoms with Gasteiger partial charge in [-0.15, -0.1) is 0 Å². The summed E-state index contributed by atoms with van der Waals surface area (Å²) in [5, 5.41) is 7.77. The van der Waals surface area contributed by atoms with Crippen LogP contribution in [0.3, 0.4) is 0 Å². The van der Waals surface area contributed by atoms with E-state index in [9.17, 15) is 4.79 Å². The molecule has 1 heterocycles. The topological polar surface area (TPSA) is 46.9 Å². The van der Waals surface area contributed by atoms with Crippen LogP contribution in [0.1, 0.15) is 35.3 Å². The minimum absolute atomic E-state index is 0.0627. The van der Waals surface area contributed by atoms with Crippen molar-refractivity contribution in [3.8, 4) is 0 Å². The first-order valence-corrected chi connectivity index (χ1v) is 7.36. The summed E-state index contributed by atoms with van der Waals surface area (Å²) in [7, 11) is 0. The van der Waals surface area contributed by atoms with E-state index in [1.54, 1.807) is 12.1 Å². The minimum atomic E-state index is -0.0627. The van der Waals surface area contributed by atoms with Gasteiger partial charge in [0.2, 0.25) is 0 Å². The lowest BCUT2D eigenvalue weighted by atomic mass is 10.0. The maximum atomic E-state index is 11.9. The fourth-order valence-corrected chi connectivity index (χ4v) is 2.37. The average Bonchev–Trinajstić information content (AvgIpc) is 2.45. The average molecular weight is 285 g/mol. The molecule has 0 aliphatic carbocycles. The van der Waals surface area contributed by atoms with E-state index in [2.05, 4.69) is 49.4 Å². The van der Waals surface area contributed by atoms with E-state index in [0.717, 1.165) is 12.2 Å². The number of hydrogen-bond acceptors (Lipinski definition) is 3. The maximum Gasteiger partial charge on any atom is 0.266 e. The number of nitrogens with zero attached hydrogens (tertiary/aromatic N) is 2. The second kappa shape index (κ2) is 6.68. The van der Waals surface area contributed by atoms with Gasteiger partial charge in [0.05, 0.1) is 18.3 Å². The summed E-state index contributed by atoms with van der Waals surface area (Å²) in [4.78, 5) is 11.9. The largest absolute Gasteiger partial charge is 0.309 e. The lowest BCUT2D eigenvalue weighted by Gasteiger charge is -2.20. The second-order valence-electron chi connectivity index (χ2n) is 5.45. The third-order valence-corrected chi connectivity index (χ3v) is 3.74. The molecule has 0 amide bonds. The van der Waals surface area contributed by atoms with Gasteiger partial charge in [-0.25, -0.2) is 4.68 Å². The van der Waals surface area contributed by atoms with Crippen molar-refractivity contribution in [1.82, 2.24) is 15.1 Å². The molecule has 0 saturated heterocycles. The van der Waals surface area contributed by atoms with E-state index < -0.39 is 0 Å². The van der Waals surface area contributed by atoms with Gasteiger partial charge in [-0.1, -0.05) is 25.1 Å². The first-order valence-electron chi connectivity index (χ1n) is 7.36. The van der Waals surface area contributed by atoms with E-state index in [0.29, 0.717) is 6.54 Å². The van der Waals surface area contributed by atoms with Crippen molar-refractivity contribution >= 4 is 0 Å². The first-order chi connectivity index (χ1) is 10.0. The Labute approximate surface area is 125 Å². The Kier molecular flexibility index (Phi) is 4.91. The summed E-state index contributed by atoms with van der Waals surface area (Å²) in [6.45, 7) is 9.57. The molecule has 21 heavy (non-hydrogen) atoms. The number of benzene rings is 1. The van der Waals surface area contributed by atoms with Gasteiger partial charge in [-0.3, -0.25) is 4.79 Å². The number of aryl methyl sites for hydroxylation is 3. The molecule has 0 radical (unpaired) electrons. The minimum Gasteiger partial charge on any atom is -0.309 e. The fraction of sp³-hybridized carbons (Fsp3) is 0.412. The highest BCUT2D eigenvalue weighted by atomic mass is 16.1. The van der Waals surface area contributed by atoms with E-state index in [1.807, 2.05) is 6.92 Å². The molecule has 2 aromatic rings. The molecule has 0 saturated carbocycles. The number of aromatic nitrogens is 2. The fourth-order valence-electron chi connectivity index (χ4n) is 2.37. The summed E-state index contributed by atoms with van der Waals surface area (Å²) in [5.41, 5.74) is 4.52. The van der Waals surface area contributed by atoms with Crippen LogP contribution in [-0.4, -0.2) is 16.3 Å². The van der Waals surface area contributed by atoms with Crippen molar-refractivity contribution in [3.63, 3.8) is 0 Å². The van der Waals surface area contributed by atoms with E-state index >= 15 is 0 Å². The molecule has 1 aromatic heterocycles. The molecule has 112 valence electrons. The lowest BCUT2D eigenvalue weighted by Crippen LogP contribution is -2.32. The molecule has 4 heteroatoms. The quantitative estimate of drug-likeness (QED) is 0.918. The van der Waals surface area contributed by atoms with Gasteiger partial charge in [0.1, 0.15) is 0 Å². The van der Waals surface area contributed by atoms with E-state index in [-0.39, 0.29) is 11.6 Å². The summed E-state index contributed by atoms with van der Waals surface area (Å²) in [6, 6.07) is 9.84. The van der Waals surface area contributed by atoms with Crippen molar-refractivity contribution in [2.45, 2.75) is 40.3 Å². The highest BCUT2D eigenvalue weighted by Gasteiger charge is 2.13. The summed E-state index contributed by atoms with van der Waals surface area (Å²) in [5.74, 6) is 0. The van der Waals surface area contributed by atoms with Crippen LogP contribution in [0.4, 0.5) is 0 Å².